The van der Waals surface area contributed by atoms with Crippen molar-refractivity contribution in [3.63, 3.8) is 0 Å². The molecule has 23 heavy (non-hydrogen) atoms. The third-order valence-electron chi connectivity index (χ3n) is 3.15. The molecule has 0 unspecified atom stereocenters. The minimum atomic E-state index is -4.50. The molecule has 1 aromatic carbocycles. The average molecular weight is 325 g/mol. The molecule has 0 atom stereocenters. The van der Waals surface area contributed by atoms with Gasteiger partial charge in [0.25, 0.3) is 0 Å². The lowest BCUT2D eigenvalue weighted by Crippen LogP contribution is -2.16. The first kappa shape index (κ1) is 17.1. The van der Waals surface area contributed by atoms with Crippen molar-refractivity contribution >= 4 is 11.6 Å². The highest BCUT2D eigenvalue weighted by Gasteiger charge is 2.33. The van der Waals surface area contributed by atoms with Gasteiger partial charge in [0.15, 0.2) is 5.69 Å². The lowest BCUT2D eigenvalue weighted by atomic mass is 10.1. The second kappa shape index (κ2) is 6.44. The number of aryl methyl sites for hydroxylation is 1. The lowest BCUT2D eigenvalue weighted by Gasteiger charge is -2.13. The Balaban J connectivity index is 2.36. The fourth-order valence-corrected chi connectivity index (χ4v) is 2.12. The standard InChI is InChI=1S/C16H18F3N3O/c1-10(2)8-15(23)20-12-5-4-11(3)9-13(12)22-7-6-14(21-22)16(17,18)19/h4-7,9-10H,8H2,1-3H3,(H,20,23). The molecular formula is C16H18F3N3O. The summed E-state index contributed by atoms with van der Waals surface area (Å²) < 4.78 is 39.2. The Labute approximate surface area is 132 Å². The molecule has 1 N–H and O–H groups in total. The average Bonchev–Trinajstić information content (AvgIpc) is 2.89. The van der Waals surface area contributed by atoms with Gasteiger partial charge in [0, 0.05) is 12.6 Å². The number of aromatic nitrogens is 2. The van der Waals surface area contributed by atoms with Gasteiger partial charge in [-0.25, -0.2) is 4.68 Å². The van der Waals surface area contributed by atoms with Gasteiger partial charge in [0.1, 0.15) is 0 Å². The van der Waals surface area contributed by atoms with Gasteiger partial charge >= 0.3 is 6.18 Å². The highest BCUT2D eigenvalue weighted by molar-refractivity contribution is 5.93. The summed E-state index contributed by atoms with van der Waals surface area (Å²) in [7, 11) is 0. The fraction of sp³-hybridized carbons (Fsp3) is 0.375. The summed E-state index contributed by atoms with van der Waals surface area (Å²) in [5.41, 5.74) is 0.708. The first-order valence-corrected chi connectivity index (χ1v) is 7.20. The molecule has 2 aromatic rings. The van der Waals surface area contributed by atoms with Crippen LogP contribution in [0.5, 0.6) is 0 Å². The summed E-state index contributed by atoms with van der Waals surface area (Å²) in [6.07, 6.45) is -2.94. The predicted octanol–water partition coefficient (Wildman–Crippen LogP) is 4.18. The molecular weight excluding hydrogens is 307 g/mol. The monoisotopic (exact) mass is 325 g/mol. The third-order valence-corrected chi connectivity index (χ3v) is 3.15. The number of carbonyl (C=O) groups excluding carboxylic acids is 1. The number of carbonyl (C=O) groups is 1. The third kappa shape index (κ3) is 4.34. The number of hydrogen-bond acceptors (Lipinski definition) is 2. The number of alkyl halides is 3. The van der Waals surface area contributed by atoms with Crippen molar-refractivity contribution in [2.24, 2.45) is 5.92 Å². The van der Waals surface area contributed by atoms with Gasteiger partial charge in [-0.1, -0.05) is 19.9 Å². The van der Waals surface area contributed by atoms with Gasteiger partial charge in [0.2, 0.25) is 5.91 Å². The molecule has 0 fully saturated rings. The van der Waals surface area contributed by atoms with Gasteiger partial charge in [-0.3, -0.25) is 4.79 Å². The number of amides is 1. The Morgan fingerprint density at radius 2 is 2.00 bits per heavy atom. The Kier molecular flexibility index (Phi) is 4.77. The fourth-order valence-electron chi connectivity index (χ4n) is 2.12. The van der Waals surface area contributed by atoms with Crippen LogP contribution in [0.2, 0.25) is 0 Å². The van der Waals surface area contributed by atoms with E-state index in [-0.39, 0.29) is 11.8 Å². The Bertz CT molecular complexity index is 705. The second-order valence-corrected chi connectivity index (χ2v) is 5.81. The van der Waals surface area contributed by atoms with Crippen LogP contribution in [-0.4, -0.2) is 15.7 Å². The molecule has 124 valence electrons. The summed E-state index contributed by atoms with van der Waals surface area (Å²) in [5.74, 6) is -0.00117. The normalized spacial score (nSPS) is 11.8. The maximum absolute atomic E-state index is 12.7. The summed E-state index contributed by atoms with van der Waals surface area (Å²) >= 11 is 0. The molecule has 0 saturated heterocycles. The Hall–Kier alpha value is -2.31. The van der Waals surface area contributed by atoms with Gasteiger partial charge in [-0.2, -0.15) is 18.3 Å². The molecule has 0 saturated carbocycles. The van der Waals surface area contributed by atoms with Crippen molar-refractivity contribution in [1.82, 2.24) is 9.78 Å². The molecule has 0 aliphatic carbocycles. The largest absolute Gasteiger partial charge is 0.435 e. The Morgan fingerprint density at radius 1 is 1.30 bits per heavy atom. The molecule has 4 nitrogen and oxygen atoms in total. The van der Waals surface area contributed by atoms with E-state index in [9.17, 15) is 18.0 Å². The zero-order valence-electron chi connectivity index (χ0n) is 13.1. The van der Waals surface area contributed by atoms with Crippen LogP contribution in [0.4, 0.5) is 18.9 Å². The SMILES string of the molecule is Cc1ccc(NC(=O)CC(C)C)c(-n2ccc(C(F)(F)F)n2)c1. The highest BCUT2D eigenvalue weighted by atomic mass is 19.4. The zero-order valence-corrected chi connectivity index (χ0v) is 13.1. The van der Waals surface area contributed by atoms with Gasteiger partial charge in [0.05, 0.1) is 11.4 Å². The van der Waals surface area contributed by atoms with Crippen molar-refractivity contribution in [3.8, 4) is 5.69 Å². The molecule has 0 spiro atoms. The molecule has 1 amide bonds. The maximum Gasteiger partial charge on any atom is 0.435 e. The number of hydrogen-bond donors (Lipinski definition) is 1. The van der Waals surface area contributed by atoms with Crippen molar-refractivity contribution < 1.29 is 18.0 Å². The first-order chi connectivity index (χ1) is 10.7. The van der Waals surface area contributed by atoms with E-state index in [4.69, 9.17) is 0 Å². The molecule has 0 bridgehead atoms. The van der Waals surface area contributed by atoms with Crippen LogP contribution in [0.3, 0.4) is 0 Å². The van der Waals surface area contributed by atoms with Crippen molar-refractivity contribution in [1.29, 1.82) is 0 Å². The van der Waals surface area contributed by atoms with Gasteiger partial charge in [-0.15, -0.1) is 0 Å². The minimum absolute atomic E-state index is 0.186. The van der Waals surface area contributed by atoms with Crippen LogP contribution in [0.1, 0.15) is 31.5 Å². The smallest absolute Gasteiger partial charge is 0.324 e. The van der Waals surface area contributed by atoms with E-state index in [1.54, 1.807) is 18.2 Å². The minimum Gasteiger partial charge on any atom is -0.324 e. The number of halogens is 3. The predicted molar refractivity (Wildman–Crippen MR) is 81.4 cm³/mol. The molecule has 0 aliphatic heterocycles. The number of anilines is 1. The van der Waals surface area contributed by atoms with E-state index in [1.165, 1.54) is 6.20 Å². The van der Waals surface area contributed by atoms with Crippen LogP contribution in [0.25, 0.3) is 5.69 Å². The molecule has 2 rings (SSSR count). The maximum atomic E-state index is 12.7. The molecule has 1 aromatic heterocycles. The molecule has 1 heterocycles. The van der Waals surface area contributed by atoms with Crippen LogP contribution < -0.4 is 5.32 Å². The van der Waals surface area contributed by atoms with Crippen LogP contribution in [-0.2, 0) is 11.0 Å². The van der Waals surface area contributed by atoms with E-state index in [1.807, 2.05) is 20.8 Å². The van der Waals surface area contributed by atoms with Crippen molar-refractivity contribution in [2.75, 3.05) is 5.32 Å². The van der Waals surface area contributed by atoms with E-state index in [0.717, 1.165) is 16.3 Å². The van der Waals surface area contributed by atoms with Gasteiger partial charge in [-0.05, 0) is 36.6 Å². The van der Waals surface area contributed by atoms with E-state index < -0.39 is 11.9 Å². The number of benzene rings is 1. The molecule has 7 heteroatoms. The Morgan fingerprint density at radius 3 is 2.57 bits per heavy atom. The quantitative estimate of drug-likeness (QED) is 0.916. The van der Waals surface area contributed by atoms with Crippen molar-refractivity contribution in [3.05, 3.63) is 41.7 Å². The molecule has 0 aliphatic rings. The van der Waals surface area contributed by atoms with Crippen LogP contribution in [0.15, 0.2) is 30.5 Å². The summed E-state index contributed by atoms with van der Waals surface area (Å²) in [6.45, 7) is 5.65. The van der Waals surface area contributed by atoms with E-state index in [0.29, 0.717) is 17.8 Å². The lowest BCUT2D eigenvalue weighted by molar-refractivity contribution is -0.141. The zero-order chi connectivity index (χ0) is 17.2. The summed E-state index contributed by atoms with van der Waals surface area (Å²) in [6, 6.07) is 6.03. The van der Waals surface area contributed by atoms with E-state index in [2.05, 4.69) is 10.4 Å². The first-order valence-electron chi connectivity index (χ1n) is 7.20. The summed E-state index contributed by atoms with van der Waals surface area (Å²) in [4.78, 5) is 11.9. The summed E-state index contributed by atoms with van der Waals surface area (Å²) in [5, 5.41) is 6.30. The topological polar surface area (TPSA) is 46.9 Å². The second-order valence-electron chi connectivity index (χ2n) is 5.81. The highest BCUT2D eigenvalue weighted by Crippen LogP contribution is 2.29. The van der Waals surface area contributed by atoms with Crippen molar-refractivity contribution in [2.45, 2.75) is 33.4 Å². The number of rotatable bonds is 4. The number of nitrogens with zero attached hydrogens (tertiary/aromatic N) is 2. The van der Waals surface area contributed by atoms with Crippen LogP contribution >= 0.6 is 0 Å². The molecule has 0 radical (unpaired) electrons. The van der Waals surface area contributed by atoms with E-state index >= 15 is 0 Å². The van der Waals surface area contributed by atoms with Crippen LogP contribution in [0, 0.1) is 12.8 Å². The van der Waals surface area contributed by atoms with Gasteiger partial charge < -0.3 is 5.32 Å². The number of nitrogens with one attached hydrogen (secondary N) is 1.